The SMILES string of the molecule is COc1ccccc1N(CC(=O)N(Cc1cccc(Cl)c1)[C@@H](Cc1ccccc1)C(=O)NC1CCCCC1)S(=O)(=O)c1ccc(C)cc1. The minimum absolute atomic E-state index is 0.0136. The number of anilines is 1. The average Bonchev–Trinajstić information content (AvgIpc) is 3.09. The quantitative estimate of drug-likeness (QED) is 0.164. The van der Waals surface area contributed by atoms with Crippen molar-refractivity contribution in [2.45, 2.75) is 69.0 Å². The number of hydrogen-bond donors (Lipinski definition) is 1. The van der Waals surface area contributed by atoms with Crippen molar-refractivity contribution in [3.63, 3.8) is 0 Å². The number of nitrogens with one attached hydrogen (secondary N) is 1. The number of benzene rings is 4. The topological polar surface area (TPSA) is 96.0 Å². The van der Waals surface area contributed by atoms with Gasteiger partial charge >= 0.3 is 0 Å². The molecule has 4 aromatic rings. The van der Waals surface area contributed by atoms with Crippen LogP contribution >= 0.6 is 11.6 Å². The summed E-state index contributed by atoms with van der Waals surface area (Å²) >= 11 is 6.36. The summed E-state index contributed by atoms with van der Waals surface area (Å²) in [5.74, 6) is -0.527. The highest BCUT2D eigenvalue weighted by atomic mass is 35.5. The first-order valence-corrected chi connectivity index (χ1v) is 18.1. The van der Waals surface area contributed by atoms with Crippen molar-refractivity contribution in [2.75, 3.05) is 18.0 Å². The fourth-order valence-corrected chi connectivity index (χ4v) is 7.75. The van der Waals surface area contributed by atoms with Gasteiger partial charge in [0.2, 0.25) is 11.8 Å². The van der Waals surface area contributed by atoms with Gasteiger partial charge in [0.05, 0.1) is 17.7 Å². The number of carbonyl (C=O) groups excluding carboxylic acids is 2. The molecular weight excluding hydrogens is 646 g/mol. The fourth-order valence-electron chi connectivity index (χ4n) is 6.12. The molecule has 1 saturated carbocycles. The molecule has 0 bridgehead atoms. The van der Waals surface area contributed by atoms with E-state index in [0.29, 0.717) is 16.3 Å². The lowest BCUT2D eigenvalue weighted by Gasteiger charge is -2.35. The van der Waals surface area contributed by atoms with E-state index >= 15 is 0 Å². The second kappa shape index (κ2) is 16.2. The molecule has 252 valence electrons. The molecule has 0 spiro atoms. The van der Waals surface area contributed by atoms with Gasteiger partial charge < -0.3 is 15.0 Å². The molecule has 1 aliphatic carbocycles. The number of carbonyl (C=O) groups is 2. The van der Waals surface area contributed by atoms with Crippen LogP contribution in [0.2, 0.25) is 5.02 Å². The van der Waals surface area contributed by atoms with Crippen LogP contribution in [-0.4, -0.2) is 50.9 Å². The zero-order chi connectivity index (χ0) is 34.1. The molecule has 1 N–H and O–H groups in total. The Kier molecular flexibility index (Phi) is 11.8. The summed E-state index contributed by atoms with van der Waals surface area (Å²) in [6.45, 7) is 1.34. The first-order chi connectivity index (χ1) is 23.2. The van der Waals surface area contributed by atoms with Gasteiger partial charge in [0.15, 0.2) is 0 Å². The van der Waals surface area contributed by atoms with Crippen molar-refractivity contribution in [3.8, 4) is 5.75 Å². The molecule has 0 heterocycles. The Balaban J connectivity index is 1.58. The van der Waals surface area contributed by atoms with Crippen molar-refractivity contribution < 1.29 is 22.7 Å². The summed E-state index contributed by atoms with van der Waals surface area (Å²) in [6.07, 6.45) is 5.19. The van der Waals surface area contributed by atoms with Gasteiger partial charge in [-0.05, 0) is 67.3 Å². The first kappa shape index (κ1) is 35.0. The molecule has 1 fully saturated rings. The number of methoxy groups -OCH3 is 1. The van der Waals surface area contributed by atoms with Crippen LogP contribution in [0.4, 0.5) is 5.69 Å². The van der Waals surface area contributed by atoms with Crippen LogP contribution in [0.5, 0.6) is 5.75 Å². The largest absolute Gasteiger partial charge is 0.495 e. The van der Waals surface area contributed by atoms with Gasteiger partial charge in [0, 0.05) is 24.0 Å². The third kappa shape index (κ3) is 8.76. The van der Waals surface area contributed by atoms with E-state index in [1.165, 1.54) is 24.1 Å². The van der Waals surface area contributed by atoms with E-state index < -0.39 is 28.5 Å². The molecule has 0 aliphatic heterocycles. The lowest BCUT2D eigenvalue weighted by molar-refractivity contribution is -0.140. The van der Waals surface area contributed by atoms with E-state index in [1.807, 2.05) is 43.3 Å². The van der Waals surface area contributed by atoms with Crippen LogP contribution in [0.1, 0.15) is 48.8 Å². The summed E-state index contributed by atoms with van der Waals surface area (Å²) < 4.78 is 35.3. The summed E-state index contributed by atoms with van der Waals surface area (Å²) in [7, 11) is -2.80. The average molecular weight is 688 g/mol. The molecule has 1 aliphatic rings. The number of para-hydroxylation sites is 2. The van der Waals surface area contributed by atoms with Gasteiger partial charge in [-0.1, -0.05) is 103 Å². The number of rotatable bonds is 13. The molecule has 5 rings (SSSR count). The summed E-state index contributed by atoms with van der Waals surface area (Å²) in [5, 5.41) is 3.72. The molecule has 0 aromatic heterocycles. The number of nitrogens with zero attached hydrogens (tertiary/aromatic N) is 2. The van der Waals surface area contributed by atoms with Crippen molar-refractivity contribution in [2.24, 2.45) is 0 Å². The lowest BCUT2D eigenvalue weighted by Crippen LogP contribution is -2.55. The summed E-state index contributed by atoms with van der Waals surface area (Å²) in [4.78, 5) is 30.5. The van der Waals surface area contributed by atoms with E-state index in [2.05, 4.69) is 5.32 Å². The molecule has 48 heavy (non-hydrogen) atoms. The Hall–Kier alpha value is -4.34. The third-order valence-electron chi connectivity index (χ3n) is 8.71. The number of hydrogen-bond acceptors (Lipinski definition) is 5. The number of halogens is 1. The lowest BCUT2D eigenvalue weighted by atomic mass is 9.94. The number of ether oxygens (including phenoxy) is 1. The Morgan fingerprint density at radius 2 is 1.54 bits per heavy atom. The summed E-state index contributed by atoms with van der Waals surface area (Å²) in [5.41, 5.74) is 2.70. The number of amides is 2. The van der Waals surface area contributed by atoms with Gasteiger partial charge in [-0.15, -0.1) is 0 Å². The van der Waals surface area contributed by atoms with Crippen molar-refractivity contribution >= 4 is 39.1 Å². The van der Waals surface area contributed by atoms with Crippen molar-refractivity contribution in [1.29, 1.82) is 0 Å². The maximum absolute atomic E-state index is 14.7. The van der Waals surface area contributed by atoms with Gasteiger partial charge in [0.1, 0.15) is 18.3 Å². The first-order valence-electron chi connectivity index (χ1n) is 16.3. The number of sulfonamides is 1. The van der Waals surface area contributed by atoms with E-state index in [4.69, 9.17) is 16.3 Å². The van der Waals surface area contributed by atoms with Gasteiger partial charge in [-0.25, -0.2) is 8.42 Å². The van der Waals surface area contributed by atoms with E-state index in [1.54, 1.807) is 54.6 Å². The van der Waals surface area contributed by atoms with Gasteiger partial charge in [0.25, 0.3) is 10.0 Å². The van der Waals surface area contributed by atoms with E-state index in [0.717, 1.165) is 47.5 Å². The highest BCUT2D eigenvalue weighted by Crippen LogP contribution is 2.33. The van der Waals surface area contributed by atoms with Crippen molar-refractivity contribution in [1.82, 2.24) is 10.2 Å². The predicted molar refractivity (Wildman–Crippen MR) is 190 cm³/mol. The normalized spacial score (nSPS) is 14.1. The minimum atomic E-state index is -4.25. The molecule has 0 radical (unpaired) electrons. The van der Waals surface area contributed by atoms with Gasteiger partial charge in [-0.3, -0.25) is 13.9 Å². The minimum Gasteiger partial charge on any atom is -0.495 e. The Morgan fingerprint density at radius 1 is 0.875 bits per heavy atom. The van der Waals surface area contributed by atoms with Crippen LogP contribution in [0.3, 0.4) is 0 Å². The molecule has 1 atom stereocenters. The Labute approximate surface area is 288 Å². The molecule has 8 nitrogen and oxygen atoms in total. The molecule has 2 amide bonds. The standard InChI is InChI=1S/C38H42ClN3O5S/c1-28-20-22-33(23-21-28)48(45,46)42(34-18-9-10-19-36(34)47-2)27-37(43)41(26-30-14-11-15-31(39)24-30)35(25-29-12-5-3-6-13-29)38(44)40-32-16-7-4-8-17-32/h3,5-6,9-15,18-24,32,35H,4,7-8,16-17,25-27H2,1-2H3,(H,40,44)/t35-/m0/s1. The molecule has 0 unspecified atom stereocenters. The second-order valence-electron chi connectivity index (χ2n) is 12.2. The maximum Gasteiger partial charge on any atom is 0.264 e. The number of aryl methyl sites for hydroxylation is 1. The molecular formula is C38H42ClN3O5S. The smallest absolute Gasteiger partial charge is 0.264 e. The zero-order valence-electron chi connectivity index (χ0n) is 27.3. The van der Waals surface area contributed by atoms with Crippen LogP contribution in [0.25, 0.3) is 0 Å². The van der Waals surface area contributed by atoms with Crippen LogP contribution in [0.15, 0.2) is 108 Å². The molecule has 10 heteroatoms. The molecule has 4 aromatic carbocycles. The van der Waals surface area contributed by atoms with Gasteiger partial charge in [-0.2, -0.15) is 0 Å². The predicted octanol–water partition coefficient (Wildman–Crippen LogP) is 6.94. The second-order valence-corrected chi connectivity index (χ2v) is 14.5. The fraction of sp³-hybridized carbons (Fsp3) is 0.316. The highest BCUT2D eigenvalue weighted by molar-refractivity contribution is 7.92. The monoisotopic (exact) mass is 687 g/mol. The summed E-state index contributed by atoms with van der Waals surface area (Å²) in [6, 6.07) is 28.9. The molecule has 0 saturated heterocycles. The van der Waals surface area contributed by atoms with Crippen LogP contribution in [0, 0.1) is 6.92 Å². The van der Waals surface area contributed by atoms with Crippen LogP contribution < -0.4 is 14.4 Å². The highest BCUT2D eigenvalue weighted by Gasteiger charge is 2.36. The Morgan fingerprint density at radius 3 is 2.23 bits per heavy atom. The third-order valence-corrected chi connectivity index (χ3v) is 10.7. The van der Waals surface area contributed by atoms with Crippen LogP contribution in [-0.2, 0) is 32.6 Å². The maximum atomic E-state index is 14.7. The zero-order valence-corrected chi connectivity index (χ0v) is 28.9. The van der Waals surface area contributed by atoms with E-state index in [9.17, 15) is 18.0 Å². The van der Waals surface area contributed by atoms with Crippen molar-refractivity contribution in [3.05, 3.63) is 125 Å². The van der Waals surface area contributed by atoms with E-state index in [-0.39, 0.29) is 35.5 Å². The Bertz CT molecular complexity index is 1790.